The largest absolute Gasteiger partial charge is 0.491 e. The number of piperidine rings is 1. The molecule has 1 atom stereocenters. The van der Waals surface area contributed by atoms with Crippen molar-refractivity contribution in [2.24, 2.45) is 0 Å². The van der Waals surface area contributed by atoms with Gasteiger partial charge in [-0.3, -0.25) is 0 Å². The number of nitrogens with zero attached hydrogens (tertiary/aromatic N) is 1. The number of rotatable bonds is 7. The Bertz CT molecular complexity index is 439. The predicted molar refractivity (Wildman–Crippen MR) is 93.5 cm³/mol. The smallest absolute Gasteiger partial charge is 0.120 e. The van der Waals surface area contributed by atoms with E-state index in [1.54, 1.807) is 0 Å². The lowest BCUT2D eigenvalue weighted by atomic mass is 10.0. The average Bonchev–Trinajstić information content (AvgIpc) is 2.49. The molecule has 0 radical (unpaired) electrons. The van der Waals surface area contributed by atoms with E-state index in [4.69, 9.17) is 4.74 Å². The Kier molecular flexibility index (Phi) is 6.71. The van der Waals surface area contributed by atoms with Gasteiger partial charge in [-0.25, -0.2) is 0 Å². The third-order valence-corrected chi connectivity index (χ3v) is 4.34. The zero-order valence-electron chi connectivity index (χ0n) is 14.6. The molecule has 3 heteroatoms. The van der Waals surface area contributed by atoms with Crippen LogP contribution in [0.1, 0.15) is 58.6 Å². The Labute approximate surface area is 136 Å². The van der Waals surface area contributed by atoms with Crippen molar-refractivity contribution in [3.05, 3.63) is 29.8 Å². The molecule has 22 heavy (non-hydrogen) atoms. The Morgan fingerprint density at radius 1 is 1.23 bits per heavy atom. The molecular weight excluding hydrogens is 272 g/mol. The molecule has 1 heterocycles. The molecule has 124 valence electrons. The SMILES string of the molecule is CCCN1CCC(NC(C)c2cccc(OC(C)C)c2)CC1. The fourth-order valence-corrected chi connectivity index (χ4v) is 3.22. The molecule has 1 aromatic carbocycles. The van der Waals surface area contributed by atoms with Crippen LogP contribution in [0.4, 0.5) is 0 Å². The first-order valence-electron chi connectivity index (χ1n) is 8.83. The van der Waals surface area contributed by atoms with Crippen LogP contribution in [-0.4, -0.2) is 36.7 Å². The summed E-state index contributed by atoms with van der Waals surface area (Å²) in [5.74, 6) is 0.971. The number of hydrogen-bond donors (Lipinski definition) is 1. The highest BCUT2D eigenvalue weighted by Gasteiger charge is 2.20. The second-order valence-corrected chi connectivity index (χ2v) is 6.74. The molecular formula is C19H32N2O. The molecule has 0 bridgehead atoms. The zero-order chi connectivity index (χ0) is 15.9. The van der Waals surface area contributed by atoms with E-state index in [0.717, 1.165) is 5.75 Å². The highest BCUT2D eigenvalue weighted by molar-refractivity contribution is 5.30. The molecule has 0 spiro atoms. The van der Waals surface area contributed by atoms with Crippen LogP contribution in [0.5, 0.6) is 5.75 Å². The number of nitrogens with one attached hydrogen (secondary N) is 1. The minimum atomic E-state index is 0.224. The molecule has 1 saturated heterocycles. The van der Waals surface area contributed by atoms with Crippen LogP contribution in [-0.2, 0) is 0 Å². The van der Waals surface area contributed by atoms with Crippen LogP contribution in [0.2, 0.25) is 0 Å². The lowest BCUT2D eigenvalue weighted by molar-refractivity contribution is 0.192. The quantitative estimate of drug-likeness (QED) is 0.824. The first-order valence-corrected chi connectivity index (χ1v) is 8.83. The van der Waals surface area contributed by atoms with Crippen molar-refractivity contribution in [1.29, 1.82) is 0 Å². The van der Waals surface area contributed by atoms with Crippen molar-refractivity contribution in [2.45, 2.75) is 65.1 Å². The van der Waals surface area contributed by atoms with Gasteiger partial charge in [-0.2, -0.15) is 0 Å². The minimum absolute atomic E-state index is 0.224. The highest BCUT2D eigenvalue weighted by Crippen LogP contribution is 2.22. The predicted octanol–water partition coefficient (Wildman–Crippen LogP) is 4.00. The van der Waals surface area contributed by atoms with Gasteiger partial charge in [-0.15, -0.1) is 0 Å². The molecule has 1 unspecified atom stereocenters. The lowest BCUT2D eigenvalue weighted by Crippen LogP contribution is -2.43. The van der Waals surface area contributed by atoms with E-state index in [9.17, 15) is 0 Å². The van der Waals surface area contributed by atoms with Crippen LogP contribution >= 0.6 is 0 Å². The summed E-state index contributed by atoms with van der Waals surface area (Å²) in [6, 6.07) is 9.51. The van der Waals surface area contributed by atoms with Crippen molar-refractivity contribution >= 4 is 0 Å². The van der Waals surface area contributed by atoms with Gasteiger partial charge in [0.15, 0.2) is 0 Å². The number of benzene rings is 1. The fraction of sp³-hybridized carbons (Fsp3) is 0.684. The van der Waals surface area contributed by atoms with Crippen molar-refractivity contribution in [2.75, 3.05) is 19.6 Å². The first-order chi connectivity index (χ1) is 10.6. The molecule has 2 rings (SSSR count). The molecule has 1 aliphatic heterocycles. The summed E-state index contributed by atoms with van der Waals surface area (Å²) in [6.45, 7) is 12.4. The second kappa shape index (κ2) is 8.54. The monoisotopic (exact) mass is 304 g/mol. The number of hydrogen-bond acceptors (Lipinski definition) is 3. The topological polar surface area (TPSA) is 24.5 Å². The number of ether oxygens (including phenoxy) is 1. The molecule has 1 fully saturated rings. The maximum Gasteiger partial charge on any atom is 0.120 e. The zero-order valence-corrected chi connectivity index (χ0v) is 14.6. The van der Waals surface area contributed by atoms with E-state index < -0.39 is 0 Å². The first kappa shape index (κ1) is 17.3. The van der Waals surface area contributed by atoms with E-state index in [1.165, 1.54) is 44.5 Å². The van der Waals surface area contributed by atoms with E-state index in [1.807, 2.05) is 6.07 Å². The van der Waals surface area contributed by atoms with Gasteiger partial charge in [-0.05, 0) is 77.4 Å². The highest BCUT2D eigenvalue weighted by atomic mass is 16.5. The third kappa shape index (κ3) is 5.29. The van der Waals surface area contributed by atoms with Crippen molar-refractivity contribution in [3.8, 4) is 5.75 Å². The normalized spacial score (nSPS) is 18.6. The van der Waals surface area contributed by atoms with Gasteiger partial charge < -0.3 is 15.0 Å². The van der Waals surface area contributed by atoms with Gasteiger partial charge in [-0.1, -0.05) is 19.1 Å². The summed E-state index contributed by atoms with van der Waals surface area (Å²) in [6.07, 6.45) is 4.00. The van der Waals surface area contributed by atoms with Crippen molar-refractivity contribution in [3.63, 3.8) is 0 Å². The molecule has 0 aromatic heterocycles. The summed E-state index contributed by atoms with van der Waals surface area (Å²) in [7, 11) is 0. The fourth-order valence-electron chi connectivity index (χ4n) is 3.22. The summed E-state index contributed by atoms with van der Waals surface area (Å²) < 4.78 is 5.80. The van der Waals surface area contributed by atoms with Crippen molar-refractivity contribution < 1.29 is 4.74 Å². The van der Waals surface area contributed by atoms with Crippen LogP contribution in [0.25, 0.3) is 0 Å². The van der Waals surface area contributed by atoms with Gasteiger partial charge in [0, 0.05) is 12.1 Å². The molecule has 1 N–H and O–H groups in total. The summed E-state index contributed by atoms with van der Waals surface area (Å²) in [5.41, 5.74) is 1.31. The summed E-state index contributed by atoms with van der Waals surface area (Å²) >= 11 is 0. The molecule has 0 aliphatic carbocycles. The third-order valence-electron chi connectivity index (χ3n) is 4.34. The van der Waals surface area contributed by atoms with Gasteiger partial charge >= 0.3 is 0 Å². The number of likely N-dealkylation sites (tertiary alicyclic amines) is 1. The second-order valence-electron chi connectivity index (χ2n) is 6.74. The van der Waals surface area contributed by atoms with Crippen LogP contribution in [0.3, 0.4) is 0 Å². The van der Waals surface area contributed by atoms with Gasteiger partial charge in [0.25, 0.3) is 0 Å². The van der Waals surface area contributed by atoms with E-state index in [2.05, 4.69) is 56.1 Å². The Balaban J connectivity index is 1.86. The van der Waals surface area contributed by atoms with E-state index in [-0.39, 0.29) is 6.10 Å². The van der Waals surface area contributed by atoms with Crippen LogP contribution in [0, 0.1) is 0 Å². The van der Waals surface area contributed by atoms with E-state index >= 15 is 0 Å². The molecule has 3 nitrogen and oxygen atoms in total. The maximum absolute atomic E-state index is 5.80. The van der Waals surface area contributed by atoms with Gasteiger partial charge in [0.05, 0.1) is 6.10 Å². The van der Waals surface area contributed by atoms with E-state index in [0.29, 0.717) is 12.1 Å². The lowest BCUT2D eigenvalue weighted by Gasteiger charge is -2.33. The summed E-state index contributed by atoms with van der Waals surface area (Å²) in [5, 5.41) is 3.80. The molecule has 0 saturated carbocycles. The summed E-state index contributed by atoms with van der Waals surface area (Å²) in [4.78, 5) is 2.58. The molecule has 0 amide bonds. The standard InChI is InChI=1S/C19H32N2O/c1-5-11-21-12-9-18(10-13-21)20-16(4)17-7-6-8-19(14-17)22-15(2)3/h6-8,14-16,18,20H,5,9-13H2,1-4H3. The van der Waals surface area contributed by atoms with Gasteiger partial charge in [0.2, 0.25) is 0 Å². The van der Waals surface area contributed by atoms with Crippen molar-refractivity contribution in [1.82, 2.24) is 10.2 Å². The maximum atomic E-state index is 5.80. The Morgan fingerprint density at radius 3 is 2.59 bits per heavy atom. The molecule has 1 aliphatic rings. The Hall–Kier alpha value is -1.06. The molecule has 1 aromatic rings. The Morgan fingerprint density at radius 2 is 1.95 bits per heavy atom. The van der Waals surface area contributed by atoms with Gasteiger partial charge in [0.1, 0.15) is 5.75 Å². The average molecular weight is 304 g/mol. The van der Waals surface area contributed by atoms with Crippen LogP contribution < -0.4 is 10.1 Å². The van der Waals surface area contributed by atoms with Crippen LogP contribution in [0.15, 0.2) is 24.3 Å². The minimum Gasteiger partial charge on any atom is -0.491 e.